The number of esters is 1. The summed E-state index contributed by atoms with van der Waals surface area (Å²) in [4.78, 5) is 20.6. The molecule has 7 heteroatoms. The minimum Gasteiger partial charge on any atom is -0.479 e. The number of carboxylic acid groups (broad SMARTS) is 1. The monoisotopic (exact) mass is 194 g/mol. The third-order valence-corrected chi connectivity index (χ3v) is 1.11. The zero-order valence-corrected chi connectivity index (χ0v) is 6.58. The van der Waals surface area contributed by atoms with Crippen molar-refractivity contribution in [1.29, 1.82) is 0 Å². The van der Waals surface area contributed by atoms with Gasteiger partial charge in [0, 0.05) is 0 Å². The van der Waals surface area contributed by atoms with Crippen molar-refractivity contribution in [3.63, 3.8) is 0 Å². The molecule has 0 aromatic carbocycles. The minimum atomic E-state index is -1.82. The molecular formula is C6H10O7. The highest BCUT2D eigenvalue weighted by Gasteiger charge is 2.19. The highest BCUT2D eigenvalue weighted by Crippen LogP contribution is 1.91. The summed E-state index contributed by atoms with van der Waals surface area (Å²) >= 11 is 0. The lowest BCUT2D eigenvalue weighted by Crippen LogP contribution is -2.32. The van der Waals surface area contributed by atoms with E-state index in [-0.39, 0.29) is 0 Å². The van der Waals surface area contributed by atoms with E-state index in [1.807, 2.05) is 0 Å². The molecule has 0 aliphatic carbocycles. The lowest BCUT2D eigenvalue weighted by Gasteiger charge is -2.09. The van der Waals surface area contributed by atoms with Gasteiger partial charge in [-0.1, -0.05) is 0 Å². The number of hydrogen-bond acceptors (Lipinski definition) is 6. The molecule has 0 spiro atoms. The minimum absolute atomic E-state index is 0.759. The van der Waals surface area contributed by atoms with Crippen LogP contribution in [0.1, 0.15) is 0 Å². The van der Waals surface area contributed by atoms with E-state index in [0.717, 1.165) is 0 Å². The first-order valence-corrected chi connectivity index (χ1v) is 3.35. The van der Waals surface area contributed by atoms with E-state index in [0.29, 0.717) is 0 Å². The van der Waals surface area contributed by atoms with Gasteiger partial charge < -0.3 is 25.2 Å². The van der Waals surface area contributed by atoms with E-state index >= 15 is 0 Å². The molecule has 0 aromatic heterocycles. The topological polar surface area (TPSA) is 124 Å². The van der Waals surface area contributed by atoms with Crippen LogP contribution in [-0.4, -0.2) is 57.8 Å². The maximum absolute atomic E-state index is 10.6. The Balaban J connectivity index is 3.76. The van der Waals surface area contributed by atoms with Gasteiger partial charge in [-0.25, -0.2) is 9.59 Å². The average Bonchev–Trinajstić information content (AvgIpc) is 2.11. The number of carbonyl (C=O) groups is 2. The van der Waals surface area contributed by atoms with Crippen molar-refractivity contribution < 1.29 is 34.8 Å². The van der Waals surface area contributed by atoms with Gasteiger partial charge in [0.25, 0.3) is 0 Å². The van der Waals surface area contributed by atoms with Crippen molar-refractivity contribution in [2.24, 2.45) is 0 Å². The molecule has 76 valence electrons. The molecule has 7 nitrogen and oxygen atoms in total. The molecule has 0 bridgehead atoms. The van der Waals surface area contributed by atoms with Gasteiger partial charge in [-0.3, -0.25) is 0 Å². The summed E-state index contributed by atoms with van der Waals surface area (Å²) in [6, 6.07) is 0. The molecule has 2 unspecified atom stereocenters. The maximum Gasteiger partial charge on any atom is 0.337 e. The number of carboxylic acids is 1. The molecule has 0 radical (unpaired) electrons. The van der Waals surface area contributed by atoms with Crippen LogP contribution < -0.4 is 0 Å². The van der Waals surface area contributed by atoms with E-state index in [1.54, 1.807) is 0 Å². The fourth-order valence-corrected chi connectivity index (χ4v) is 0.403. The van der Waals surface area contributed by atoms with E-state index in [2.05, 4.69) is 4.74 Å². The number of aliphatic hydroxyl groups excluding tert-OH is 3. The normalized spacial score (nSPS) is 14.7. The summed E-state index contributed by atoms with van der Waals surface area (Å²) in [5.41, 5.74) is 0. The van der Waals surface area contributed by atoms with Crippen LogP contribution in [-0.2, 0) is 14.3 Å². The SMILES string of the molecule is O=C(O)C(O)COC(=O)C(O)CO. The van der Waals surface area contributed by atoms with E-state index in [4.69, 9.17) is 20.4 Å². The lowest BCUT2D eigenvalue weighted by molar-refractivity contribution is -0.163. The van der Waals surface area contributed by atoms with E-state index in [1.165, 1.54) is 0 Å². The van der Waals surface area contributed by atoms with Gasteiger partial charge in [-0.2, -0.15) is 0 Å². The van der Waals surface area contributed by atoms with Gasteiger partial charge in [0.2, 0.25) is 0 Å². The number of ether oxygens (including phenoxy) is 1. The first-order chi connectivity index (χ1) is 5.99. The van der Waals surface area contributed by atoms with E-state index < -0.39 is 37.4 Å². The summed E-state index contributed by atoms with van der Waals surface area (Å²) in [7, 11) is 0. The van der Waals surface area contributed by atoms with Gasteiger partial charge in [0.1, 0.15) is 6.61 Å². The summed E-state index contributed by atoms with van der Waals surface area (Å²) in [6.45, 7) is -1.58. The molecule has 0 saturated heterocycles. The molecule has 0 rings (SSSR count). The fourth-order valence-electron chi connectivity index (χ4n) is 0.403. The van der Waals surface area contributed by atoms with Gasteiger partial charge in [-0.15, -0.1) is 0 Å². The molecule has 13 heavy (non-hydrogen) atoms. The van der Waals surface area contributed by atoms with E-state index in [9.17, 15) is 9.59 Å². The molecule has 4 N–H and O–H groups in total. The van der Waals surface area contributed by atoms with Crippen molar-refractivity contribution in [1.82, 2.24) is 0 Å². The highest BCUT2D eigenvalue weighted by atomic mass is 16.6. The van der Waals surface area contributed by atoms with Crippen LogP contribution in [0, 0.1) is 0 Å². The van der Waals surface area contributed by atoms with Crippen molar-refractivity contribution in [2.45, 2.75) is 12.2 Å². The Labute approximate surface area is 73.2 Å². The van der Waals surface area contributed by atoms with Crippen LogP contribution in [0.4, 0.5) is 0 Å². The summed E-state index contributed by atoms with van der Waals surface area (Å²) in [5, 5.41) is 33.6. The Bertz CT molecular complexity index is 189. The molecule has 0 amide bonds. The Kier molecular flexibility index (Phi) is 4.97. The molecule has 0 aromatic rings. The van der Waals surface area contributed by atoms with Gasteiger partial charge >= 0.3 is 11.9 Å². The Morgan fingerprint density at radius 1 is 1.23 bits per heavy atom. The molecule has 0 heterocycles. The molecule has 0 saturated carbocycles. The maximum atomic E-state index is 10.6. The van der Waals surface area contributed by atoms with Crippen LogP contribution in [0.3, 0.4) is 0 Å². The first kappa shape index (κ1) is 11.8. The summed E-state index contributed by atoms with van der Waals surface area (Å²) in [5.74, 6) is -2.71. The first-order valence-electron chi connectivity index (χ1n) is 3.35. The Morgan fingerprint density at radius 3 is 2.15 bits per heavy atom. The summed E-state index contributed by atoms with van der Waals surface area (Å²) < 4.78 is 4.14. The lowest BCUT2D eigenvalue weighted by atomic mass is 10.3. The largest absolute Gasteiger partial charge is 0.479 e. The van der Waals surface area contributed by atoms with Crippen LogP contribution in [0.5, 0.6) is 0 Å². The predicted octanol–water partition coefficient (Wildman–Crippen LogP) is -2.67. The van der Waals surface area contributed by atoms with Crippen molar-refractivity contribution in [3.05, 3.63) is 0 Å². The van der Waals surface area contributed by atoms with Crippen LogP contribution in [0.15, 0.2) is 0 Å². The second kappa shape index (κ2) is 5.46. The van der Waals surface area contributed by atoms with Crippen LogP contribution in [0.25, 0.3) is 0 Å². The molecular weight excluding hydrogens is 184 g/mol. The quantitative estimate of drug-likeness (QED) is 0.352. The third-order valence-electron chi connectivity index (χ3n) is 1.11. The number of carbonyl (C=O) groups excluding carboxylic acids is 1. The van der Waals surface area contributed by atoms with Gasteiger partial charge in [0.05, 0.1) is 6.61 Å². The molecule has 0 aliphatic heterocycles. The number of rotatable bonds is 5. The smallest absolute Gasteiger partial charge is 0.337 e. The van der Waals surface area contributed by atoms with Crippen LogP contribution >= 0.6 is 0 Å². The zero-order chi connectivity index (χ0) is 10.4. The zero-order valence-electron chi connectivity index (χ0n) is 6.58. The third kappa shape index (κ3) is 4.41. The van der Waals surface area contributed by atoms with Gasteiger partial charge in [0.15, 0.2) is 12.2 Å². The highest BCUT2D eigenvalue weighted by molar-refractivity contribution is 5.76. The van der Waals surface area contributed by atoms with Crippen molar-refractivity contribution in [3.8, 4) is 0 Å². The van der Waals surface area contributed by atoms with Crippen molar-refractivity contribution in [2.75, 3.05) is 13.2 Å². The standard InChI is InChI=1S/C6H10O7/c7-1-3(8)6(12)13-2-4(9)5(10)11/h3-4,7-9H,1-2H2,(H,10,11). The Hall–Kier alpha value is -1.18. The Morgan fingerprint density at radius 2 is 1.77 bits per heavy atom. The second-order valence-corrected chi connectivity index (χ2v) is 2.18. The number of aliphatic hydroxyl groups is 3. The number of aliphatic carboxylic acids is 1. The molecule has 0 aliphatic rings. The average molecular weight is 194 g/mol. The molecule has 0 fully saturated rings. The summed E-state index contributed by atoms with van der Waals surface area (Å²) in [6.07, 6.45) is -3.53. The number of hydrogen-bond donors (Lipinski definition) is 4. The fraction of sp³-hybridized carbons (Fsp3) is 0.667. The van der Waals surface area contributed by atoms with Gasteiger partial charge in [-0.05, 0) is 0 Å². The predicted molar refractivity (Wildman–Crippen MR) is 37.7 cm³/mol. The van der Waals surface area contributed by atoms with Crippen molar-refractivity contribution >= 4 is 11.9 Å². The molecule has 2 atom stereocenters. The van der Waals surface area contributed by atoms with Crippen LogP contribution in [0.2, 0.25) is 0 Å². The second-order valence-electron chi connectivity index (χ2n) is 2.18.